The van der Waals surface area contributed by atoms with Gasteiger partial charge in [-0.1, -0.05) is 0 Å². The van der Waals surface area contributed by atoms with Crippen molar-refractivity contribution in [1.82, 2.24) is 0 Å². The number of nitrogen functional groups attached to an aromatic ring is 2. The van der Waals surface area contributed by atoms with Crippen LogP contribution in [0.1, 0.15) is 17.3 Å². The van der Waals surface area contributed by atoms with E-state index >= 15 is 0 Å². The number of hydrogen-bond donors (Lipinski definition) is 3. The van der Waals surface area contributed by atoms with Crippen molar-refractivity contribution in [3.63, 3.8) is 0 Å². The average molecular weight is 196 g/mol. The van der Waals surface area contributed by atoms with E-state index in [9.17, 15) is 9.90 Å². The molecule has 1 rings (SSSR count). The summed E-state index contributed by atoms with van der Waals surface area (Å²) in [5.41, 5.74) is 11.2. The molecule has 0 aromatic heterocycles. The fourth-order valence-electron chi connectivity index (χ4n) is 1.01. The molecule has 0 heterocycles. The first kappa shape index (κ1) is 10.2. The molecule has 0 aliphatic rings. The molecule has 5 heteroatoms. The van der Waals surface area contributed by atoms with Gasteiger partial charge in [0.2, 0.25) is 0 Å². The van der Waals surface area contributed by atoms with Crippen molar-refractivity contribution < 1.29 is 14.6 Å². The van der Waals surface area contributed by atoms with Gasteiger partial charge in [-0.3, -0.25) is 0 Å². The Bertz CT molecular complexity index is 340. The molecule has 5 N–H and O–H groups in total. The third-order valence-corrected chi connectivity index (χ3v) is 1.68. The predicted molar refractivity (Wildman–Crippen MR) is 52.9 cm³/mol. The summed E-state index contributed by atoms with van der Waals surface area (Å²) in [5, 5.41) is 9.24. The summed E-state index contributed by atoms with van der Waals surface area (Å²) in [5.74, 6) is -0.719. The molecule has 0 spiro atoms. The molecule has 0 aliphatic heterocycles. The van der Waals surface area contributed by atoms with E-state index in [-0.39, 0.29) is 29.3 Å². The van der Waals surface area contributed by atoms with Gasteiger partial charge in [-0.2, -0.15) is 0 Å². The van der Waals surface area contributed by atoms with Crippen molar-refractivity contribution >= 4 is 17.3 Å². The summed E-state index contributed by atoms with van der Waals surface area (Å²) < 4.78 is 4.75. The van der Waals surface area contributed by atoms with E-state index in [0.29, 0.717) is 0 Å². The number of ether oxygens (including phenoxy) is 1. The van der Waals surface area contributed by atoms with Crippen LogP contribution in [0.25, 0.3) is 0 Å². The Morgan fingerprint density at radius 1 is 1.43 bits per heavy atom. The zero-order valence-electron chi connectivity index (χ0n) is 7.78. The van der Waals surface area contributed by atoms with Crippen molar-refractivity contribution in [3.8, 4) is 5.75 Å². The second-order valence-corrected chi connectivity index (χ2v) is 2.72. The first-order chi connectivity index (χ1) is 6.56. The predicted octanol–water partition coefficient (Wildman–Crippen LogP) is 0.733. The second kappa shape index (κ2) is 3.87. The van der Waals surface area contributed by atoms with Crippen LogP contribution in [-0.2, 0) is 4.74 Å². The number of anilines is 2. The van der Waals surface area contributed by atoms with Gasteiger partial charge in [0.15, 0.2) is 5.75 Å². The van der Waals surface area contributed by atoms with Crippen molar-refractivity contribution in [2.45, 2.75) is 6.92 Å². The van der Waals surface area contributed by atoms with Crippen LogP contribution in [0, 0.1) is 0 Å². The molecule has 5 nitrogen and oxygen atoms in total. The van der Waals surface area contributed by atoms with Gasteiger partial charge in [-0.25, -0.2) is 4.79 Å². The van der Waals surface area contributed by atoms with Crippen LogP contribution >= 0.6 is 0 Å². The van der Waals surface area contributed by atoms with Crippen LogP contribution in [-0.4, -0.2) is 17.7 Å². The average Bonchev–Trinajstić information content (AvgIpc) is 2.13. The third kappa shape index (κ3) is 1.87. The summed E-state index contributed by atoms with van der Waals surface area (Å²) in [4.78, 5) is 11.2. The Balaban J connectivity index is 3.06. The van der Waals surface area contributed by atoms with Crippen LogP contribution in [0.5, 0.6) is 5.75 Å². The Morgan fingerprint density at radius 2 is 1.93 bits per heavy atom. The Labute approximate surface area is 81.3 Å². The van der Waals surface area contributed by atoms with E-state index in [4.69, 9.17) is 16.2 Å². The minimum Gasteiger partial charge on any atom is -0.504 e. The number of hydrogen-bond acceptors (Lipinski definition) is 5. The van der Waals surface area contributed by atoms with Crippen molar-refractivity contribution in [3.05, 3.63) is 17.7 Å². The third-order valence-electron chi connectivity index (χ3n) is 1.68. The van der Waals surface area contributed by atoms with E-state index in [2.05, 4.69) is 0 Å². The topological polar surface area (TPSA) is 98.6 Å². The number of benzene rings is 1. The maximum absolute atomic E-state index is 11.2. The Morgan fingerprint density at radius 3 is 2.36 bits per heavy atom. The van der Waals surface area contributed by atoms with E-state index in [1.165, 1.54) is 12.1 Å². The summed E-state index contributed by atoms with van der Waals surface area (Å²) in [7, 11) is 0. The van der Waals surface area contributed by atoms with Gasteiger partial charge in [-0.15, -0.1) is 0 Å². The van der Waals surface area contributed by atoms with Gasteiger partial charge in [0.05, 0.1) is 23.5 Å². The van der Waals surface area contributed by atoms with Crippen molar-refractivity contribution in [1.29, 1.82) is 0 Å². The molecule has 0 radical (unpaired) electrons. The largest absolute Gasteiger partial charge is 0.504 e. The van der Waals surface area contributed by atoms with Gasteiger partial charge in [0.25, 0.3) is 0 Å². The highest BCUT2D eigenvalue weighted by Crippen LogP contribution is 2.28. The standard InChI is InChI=1S/C9H12N2O3/c1-2-14-9(13)5-3-6(10)8(12)7(11)4-5/h3-4,12H,2,10-11H2,1H3. The summed E-state index contributed by atoms with van der Waals surface area (Å²) in [6, 6.07) is 2.65. The van der Waals surface area contributed by atoms with Crippen LogP contribution in [0.2, 0.25) is 0 Å². The van der Waals surface area contributed by atoms with E-state index in [0.717, 1.165) is 0 Å². The summed E-state index contributed by atoms with van der Waals surface area (Å²) in [6.45, 7) is 1.98. The van der Waals surface area contributed by atoms with Crippen molar-refractivity contribution in [2.75, 3.05) is 18.1 Å². The lowest BCUT2D eigenvalue weighted by atomic mass is 10.1. The summed E-state index contributed by atoms with van der Waals surface area (Å²) in [6.07, 6.45) is 0. The Kier molecular flexibility index (Phi) is 2.81. The number of phenolic OH excluding ortho intramolecular Hbond substituents is 1. The zero-order valence-corrected chi connectivity index (χ0v) is 7.78. The maximum atomic E-state index is 11.2. The SMILES string of the molecule is CCOC(=O)c1cc(N)c(O)c(N)c1. The summed E-state index contributed by atoms with van der Waals surface area (Å²) >= 11 is 0. The molecule has 0 amide bonds. The maximum Gasteiger partial charge on any atom is 0.338 e. The number of carbonyl (C=O) groups is 1. The lowest BCUT2D eigenvalue weighted by molar-refractivity contribution is 0.0526. The van der Waals surface area contributed by atoms with Gasteiger partial charge >= 0.3 is 5.97 Å². The number of nitrogens with two attached hydrogens (primary N) is 2. The fourth-order valence-corrected chi connectivity index (χ4v) is 1.01. The zero-order chi connectivity index (χ0) is 10.7. The Hall–Kier alpha value is -1.91. The minimum absolute atomic E-state index is 0.0630. The molecule has 1 aromatic rings. The number of carbonyl (C=O) groups excluding carboxylic acids is 1. The van der Waals surface area contributed by atoms with E-state index in [1.54, 1.807) is 6.92 Å². The molecular formula is C9H12N2O3. The molecule has 0 atom stereocenters. The van der Waals surface area contributed by atoms with Gasteiger partial charge in [-0.05, 0) is 19.1 Å². The molecule has 0 saturated carbocycles. The van der Waals surface area contributed by atoms with Crippen LogP contribution in [0.4, 0.5) is 11.4 Å². The van der Waals surface area contributed by atoms with E-state index < -0.39 is 5.97 Å². The quantitative estimate of drug-likeness (QED) is 0.368. The monoisotopic (exact) mass is 196 g/mol. The molecule has 0 aliphatic carbocycles. The van der Waals surface area contributed by atoms with Gasteiger partial charge in [0.1, 0.15) is 0 Å². The number of aromatic hydroxyl groups is 1. The molecule has 0 bridgehead atoms. The highest BCUT2D eigenvalue weighted by molar-refractivity contribution is 5.93. The van der Waals surface area contributed by atoms with Crippen LogP contribution in [0.3, 0.4) is 0 Å². The minimum atomic E-state index is -0.508. The molecule has 14 heavy (non-hydrogen) atoms. The lowest BCUT2D eigenvalue weighted by Crippen LogP contribution is -2.06. The van der Waals surface area contributed by atoms with Gasteiger partial charge in [0, 0.05) is 0 Å². The molecule has 76 valence electrons. The second-order valence-electron chi connectivity index (χ2n) is 2.72. The van der Waals surface area contributed by atoms with Crippen LogP contribution < -0.4 is 11.5 Å². The fraction of sp³-hybridized carbons (Fsp3) is 0.222. The van der Waals surface area contributed by atoms with Crippen LogP contribution in [0.15, 0.2) is 12.1 Å². The normalized spacial score (nSPS) is 9.79. The van der Waals surface area contributed by atoms with Gasteiger partial charge < -0.3 is 21.3 Å². The molecule has 1 aromatic carbocycles. The first-order valence-electron chi connectivity index (χ1n) is 4.11. The number of phenols is 1. The molecule has 0 saturated heterocycles. The highest BCUT2D eigenvalue weighted by atomic mass is 16.5. The lowest BCUT2D eigenvalue weighted by Gasteiger charge is -2.06. The van der Waals surface area contributed by atoms with E-state index in [1.807, 2.05) is 0 Å². The first-order valence-corrected chi connectivity index (χ1v) is 4.11. The smallest absolute Gasteiger partial charge is 0.338 e. The molecule has 0 fully saturated rings. The van der Waals surface area contributed by atoms with Crippen molar-refractivity contribution in [2.24, 2.45) is 0 Å². The number of esters is 1. The molecule has 0 unspecified atom stereocenters. The highest BCUT2D eigenvalue weighted by Gasteiger charge is 2.11. The number of rotatable bonds is 2. The molecular weight excluding hydrogens is 184 g/mol.